The van der Waals surface area contributed by atoms with Crippen molar-refractivity contribution in [2.24, 2.45) is 0 Å². The highest BCUT2D eigenvalue weighted by molar-refractivity contribution is 5.91. The minimum atomic E-state index is -0.503. The molecule has 0 aliphatic heterocycles. The van der Waals surface area contributed by atoms with Gasteiger partial charge in [0, 0.05) is 19.7 Å². The zero-order chi connectivity index (χ0) is 12.8. The Bertz CT molecular complexity index is 393. The van der Waals surface area contributed by atoms with Crippen molar-refractivity contribution in [1.29, 1.82) is 0 Å². The molecule has 1 aromatic rings. The lowest BCUT2D eigenvalue weighted by atomic mass is 10.1. The smallest absolute Gasteiger partial charge is 0.246 e. The number of aryl methyl sites for hydroxylation is 1. The van der Waals surface area contributed by atoms with Crippen LogP contribution >= 0.6 is 0 Å². The molecule has 1 N–H and O–H groups in total. The second-order valence-electron chi connectivity index (χ2n) is 4.31. The standard InChI is InChI=1S/C14H19NO2/c1-11-4-6-13(7-5-11)8-9-14(17)15(3)10-12(2)16/h4-9,12,16H,10H2,1-3H3. The van der Waals surface area contributed by atoms with Crippen LogP contribution in [0.4, 0.5) is 0 Å². The number of rotatable bonds is 4. The molecule has 17 heavy (non-hydrogen) atoms. The molecule has 0 aliphatic rings. The molecule has 3 nitrogen and oxygen atoms in total. The molecule has 92 valence electrons. The highest BCUT2D eigenvalue weighted by atomic mass is 16.3. The molecule has 0 radical (unpaired) electrons. The molecule has 0 saturated carbocycles. The van der Waals surface area contributed by atoms with Crippen molar-refractivity contribution in [3.8, 4) is 0 Å². The topological polar surface area (TPSA) is 40.5 Å². The van der Waals surface area contributed by atoms with Gasteiger partial charge in [0.1, 0.15) is 0 Å². The van der Waals surface area contributed by atoms with E-state index in [1.54, 1.807) is 20.0 Å². The summed E-state index contributed by atoms with van der Waals surface area (Å²) in [5.41, 5.74) is 2.19. The minimum Gasteiger partial charge on any atom is -0.392 e. The molecule has 0 aliphatic carbocycles. The second kappa shape index (κ2) is 6.21. The summed E-state index contributed by atoms with van der Waals surface area (Å²) in [6.45, 7) is 4.03. The van der Waals surface area contributed by atoms with Crippen molar-refractivity contribution in [2.45, 2.75) is 20.0 Å². The van der Waals surface area contributed by atoms with Crippen LogP contribution in [-0.4, -0.2) is 35.6 Å². The summed E-state index contributed by atoms with van der Waals surface area (Å²) in [6.07, 6.45) is 2.80. The van der Waals surface area contributed by atoms with E-state index in [-0.39, 0.29) is 5.91 Å². The maximum atomic E-state index is 11.6. The monoisotopic (exact) mass is 233 g/mol. The van der Waals surface area contributed by atoms with Crippen LogP contribution in [0.5, 0.6) is 0 Å². The third kappa shape index (κ3) is 4.83. The first-order chi connectivity index (χ1) is 7.99. The molecule has 0 bridgehead atoms. The highest BCUT2D eigenvalue weighted by Gasteiger charge is 2.06. The fraction of sp³-hybridized carbons (Fsp3) is 0.357. The van der Waals surface area contributed by atoms with Gasteiger partial charge in [0.15, 0.2) is 0 Å². The predicted molar refractivity (Wildman–Crippen MR) is 69.5 cm³/mol. The Balaban J connectivity index is 2.58. The summed E-state index contributed by atoms with van der Waals surface area (Å²) in [6, 6.07) is 7.94. The molecular formula is C14H19NO2. The van der Waals surface area contributed by atoms with E-state index in [0.717, 1.165) is 5.56 Å². The van der Waals surface area contributed by atoms with Gasteiger partial charge in [-0.1, -0.05) is 29.8 Å². The van der Waals surface area contributed by atoms with Gasteiger partial charge in [-0.15, -0.1) is 0 Å². The molecule has 1 unspecified atom stereocenters. The van der Waals surface area contributed by atoms with Crippen molar-refractivity contribution in [3.63, 3.8) is 0 Å². The number of nitrogens with zero attached hydrogens (tertiary/aromatic N) is 1. The van der Waals surface area contributed by atoms with Crippen LogP contribution in [-0.2, 0) is 4.79 Å². The number of likely N-dealkylation sites (N-methyl/N-ethyl adjacent to an activating group) is 1. The number of hydrogen-bond donors (Lipinski definition) is 1. The molecule has 0 heterocycles. The number of hydrogen-bond acceptors (Lipinski definition) is 2. The van der Waals surface area contributed by atoms with Crippen LogP contribution < -0.4 is 0 Å². The van der Waals surface area contributed by atoms with Gasteiger partial charge in [0.25, 0.3) is 0 Å². The SMILES string of the molecule is Cc1ccc(C=CC(=O)N(C)CC(C)O)cc1. The molecule has 1 atom stereocenters. The summed E-state index contributed by atoms with van der Waals surface area (Å²) in [5, 5.41) is 9.17. The average Bonchev–Trinajstić information content (AvgIpc) is 2.27. The number of carbonyl (C=O) groups is 1. The minimum absolute atomic E-state index is 0.105. The van der Waals surface area contributed by atoms with Gasteiger partial charge in [-0.25, -0.2) is 0 Å². The highest BCUT2D eigenvalue weighted by Crippen LogP contribution is 2.05. The van der Waals surface area contributed by atoms with Crippen molar-refractivity contribution in [1.82, 2.24) is 4.90 Å². The van der Waals surface area contributed by atoms with E-state index in [2.05, 4.69) is 0 Å². The predicted octanol–water partition coefficient (Wildman–Crippen LogP) is 1.85. The van der Waals surface area contributed by atoms with Crippen molar-refractivity contribution in [3.05, 3.63) is 41.5 Å². The van der Waals surface area contributed by atoms with Crippen LogP contribution in [0.25, 0.3) is 6.08 Å². The number of amides is 1. The summed E-state index contributed by atoms with van der Waals surface area (Å²) in [7, 11) is 1.68. The van der Waals surface area contributed by atoms with Crippen LogP contribution in [0, 0.1) is 6.92 Å². The fourth-order valence-electron chi connectivity index (χ4n) is 1.46. The van der Waals surface area contributed by atoms with Gasteiger partial charge in [-0.3, -0.25) is 4.79 Å². The van der Waals surface area contributed by atoms with Gasteiger partial charge in [-0.2, -0.15) is 0 Å². The Morgan fingerprint density at radius 1 is 1.41 bits per heavy atom. The first kappa shape index (κ1) is 13.5. The van der Waals surface area contributed by atoms with Gasteiger partial charge in [-0.05, 0) is 25.5 Å². The largest absolute Gasteiger partial charge is 0.392 e. The van der Waals surface area contributed by atoms with E-state index in [0.29, 0.717) is 6.54 Å². The number of aliphatic hydroxyl groups excluding tert-OH is 1. The van der Waals surface area contributed by atoms with Gasteiger partial charge < -0.3 is 10.0 Å². The van der Waals surface area contributed by atoms with Gasteiger partial charge >= 0.3 is 0 Å². The number of aliphatic hydroxyl groups is 1. The first-order valence-corrected chi connectivity index (χ1v) is 5.67. The molecule has 3 heteroatoms. The summed E-state index contributed by atoms with van der Waals surface area (Å²) in [5.74, 6) is -0.105. The van der Waals surface area contributed by atoms with E-state index in [4.69, 9.17) is 5.11 Å². The maximum Gasteiger partial charge on any atom is 0.246 e. The maximum absolute atomic E-state index is 11.6. The summed E-state index contributed by atoms with van der Waals surface area (Å²) >= 11 is 0. The van der Waals surface area contributed by atoms with Crippen LogP contribution in [0.3, 0.4) is 0 Å². The quantitative estimate of drug-likeness (QED) is 0.806. The average molecular weight is 233 g/mol. The van der Waals surface area contributed by atoms with Crippen molar-refractivity contribution in [2.75, 3.05) is 13.6 Å². The summed E-state index contributed by atoms with van der Waals surface area (Å²) < 4.78 is 0. The third-order valence-corrected chi connectivity index (χ3v) is 2.41. The van der Waals surface area contributed by atoms with E-state index in [1.165, 1.54) is 16.5 Å². The summed E-state index contributed by atoms with van der Waals surface area (Å²) in [4.78, 5) is 13.1. The van der Waals surface area contributed by atoms with Crippen LogP contribution in [0.15, 0.2) is 30.3 Å². The van der Waals surface area contributed by atoms with E-state index < -0.39 is 6.10 Å². The Labute approximate surface area is 102 Å². The molecule has 1 aromatic carbocycles. The van der Waals surface area contributed by atoms with Gasteiger partial charge in [0.05, 0.1) is 6.10 Å². The Morgan fingerprint density at radius 2 is 2.00 bits per heavy atom. The normalized spacial score (nSPS) is 12.7. The number of carbonyl (C=O) groups excluding carboxylic acids is 1. The van der Waals surface area contributed by atoms with E-state index >= 15 is 0 Å². The lowest BCUT2D eigenvalue weighted by molar-refractivity contribution is -0.125. The zero-order valence-electron chi connectivity index (χ0n) is 10.6. The number of benzene rings is 1. The molecular weight excluding hydrogens is 214 g/mol. The van der Waals surface area contributed by atoms with Crippen LogP contribution in [0.1, 0.15) is 18.1 Å². The van der Waals surface area contributed by atoms with Crippen LogP contribution in [0.2, 0.25) is 0 Å². The fourth-order valence-corrected chi connectivity index (χ4v) is 1.46. The van der Waals surface area contributed by atoms with E-state index in [9.17, 15) is 4.79 Å². The Kier molecular flexibility index (Phi) is 4.91. The molecule has 0 fully saturated rings. The Hall–Kier alpha value is -1.61. The molecule has 0 aromatic heterocycles. The first-order valence-electron chi connectivity index (χ1n) is 5.67. The van der Waals surface area contributed by atoms with Gasteiger partial charge in [0.2, 0.25) is 5.91 Å². The molecule has 0 saturated heterocycles. The molecule has 1 rings (SSSR count). The third-order valence-electron chi connectivity index (χ3n) is 2.41. The lowest BCUT2D eigenvalue weighted by Gasteiger charge is -2.16. The lowest BCUT2D eigenvalue weighted by Crippen LogP contribution is -2.31. The molecule has 0 spiro atoms. The van der Waals surface area contributed by atoms with Crippen molar-refractivity contribution >= 4 is 12.0 Å². The Morgan fingerprint density at radius 3 is 2.53 bits per heavy atom. The second-order valence-corrected chi connectivity index (χ2v) is 4.31. The van der Waals surface area contributed by atoms with E-state index in [1.807, 2.05) is 31.2 Å². The zero-order valence-corrected chi connectivity index (χ0v) is 10.6. The molecule has 1 amide bonds. The van der Waals surface area contributed by atoms with Crippen molar-refractivity contribution < 1.29 is 9.90 Å².